The Morgan fingerprint density at radius 2 is 1.19 bits per heavy atom. The van der Waals surface area contributed by atoms with Crippen molar-refractivity contribution in [1.82, 2.24) is 4.98 Å². The summed E-state index contributed by atoms with van der Waals surface area (Å²) in [5, 5.41) is 0. The highest BCUT2D eigenvalue weighted by Crippen LogP contribution is 2.53. The third-order valence-corrected chi connectivity index (χ3v) is 8.71. The lowest BCUT2D eigenvalue weighted by Gasteiger charge is -2.28. The van der Waals surface area contributed by atoms with E-state index in [1.54, 1.807) is 0 Å². The molecule has 0 saturated carbocycles. The van der Waals surface area contributed by atoms with Crippen molar-refractivity contribution < 1.29 is 4.42 Å². The Morgan fingerprint density at radius 1 is 0.535 bits per heavy atom. The lowest BCUT2D eigenvalue weighted by Crippen LogP contribution is -2.16. The summed E-state index contributed by atoms with van der Waals surface area (Å²) in [6.45, 7) is 4.64. The van der Waals surface area contributed by atoms with Crippen molar-refractivity contribution in [2.75, 3.05) is 4.90 Å². The third-order valence-electron chi connectivity index (χ3n) is 8.71. The fourth-order valence-electron chi connectivity index (χ4n) is 6.54. The number of nitrogens with zero attached hydrogens (tertiary/aromatic N) is 2. The van der Waals surface area contributed by atoms with Crippen LogP contribution in [0.5, 0.6) is 0 Å². The van der Waals surface area contributed by atoms with Crippen LogP contribution in [0.25, 0.3) is 44.8 Å². The van der Waals surface area contributed by atoms with Gasteiger partial charge in [0.15, 0.2) is 5.58 Å². The Bertz CT molecular complexity index is 2060. The number of aromatic nitrogens is 1. The Balaban J connectivity index is 1.26. The van der Waals surface area contributed by atoms with Crippen LogP contribution in [0, 0.1) is 0 Å². The Morgan fingerprint density at radius 3 is 1.95 bits per heavy atom. The molecular formula is C40H30N2O. The van der Waals surface area contributed by atoms with Crippen molar-refractivity contribution in [3.05, 3.63) is 157 Å². The number of oxazole rings is 1. The van der Waals surface area contributed by atoms with E-state index in [1.807, 2.05) is 24.3 Å². The largest absolute Gasteiger partial charge is 0.436 e. The zero-order valence-corrected chi connectivity index (χ0v) is 24.2. The highest BCUT2D eigenvalue weighted by Gasteiger charge is 2.38. The van der Waals surface area contributed by atoms with Gasteiger partial charge in [-0.3, -0.25) is 0 Å². The Hall–Kier alpha value is -5.41. The summed E-state index contributed by atoms with van der Waals surface area (Å²) in [5.74, 6) is 0.662. The molecule has 3 nitrogen and oxygen atoms in total. The van der Waals surface area contributed by atoms with Crippen LogP contribution in [0.3, 0.4) is 0 Å². The molecule has 0 spiro atoms. The molecule has 0 aliphatic heterocycles. The van der Waals surface area contributed by atoms with Crippen LogP contribution in [0.15, 0.2) is 150 Å². The lowest BCUT2D eigenvalue weighted by molar-refractivity contribution is 0.619. The normalized spacial score (nSPS) is 13.1. The molecule has 7 aromatic rings. The summed E-state index contributed by atoms with van der Waals surface area (Å²) in [6.07, 6.45) is 0. The maximum atomic E-state index is 6.26. The first kappa shape index (κ1) is 25.3. The molecule has 0 bridgehead atoms. The van der Waals surface area contributed by atoms with Crippen LogP contribution < -0.4 is 4.90 Å². The minimum Gasteiger partial charge on any atom is -0.436 e. The van der Waals surface area contributed by atoms with E-state index in [0.717, 1.165) is 33.7 Å². The van der Waals surface area contributed by atoms with E-state index in [2.05, 4.69) is 140 Å². The molecule has 1 aliphatic rings. The van der Waals surface area contributed by atoms with Gasteiger partial charge in [-0.05, 0) is 88.0 Å². The first-order chi connectivity index (χ1) is 21.1. The predicted octanol–water partition coefficient (Wildman–Crippen LogP) is 10.9. The molecule has 6 aromatic carbocycles. The second-order valence-corrected chi connectivity index (χ2v) is 11.7. The average molecular weight is 555 g/mol. The molecule has 206 valence electrons. The third kappa shape index (κ3) is 4.16. The summed E-state index contributed by atoms with van der Waals surface area (Å²) >= 11 is 0. The van der Waals surface area contributed by atoms with Crippen LogP contribution in [0.1, 0.15) is 25.0 Å². The quantitative estimate of drug-likeness (QED) is 0.212. The van der Waals surface area contributed by atoms with Crippen molar-refractivity contribution in [1.29, 1.82) is 0 Å². The fraction of sp³-hybridized carbons (Fsp3) is 0.0750. The van der Waals surface area contributed by atoms with Gasteiger partial charge in [0.05, 0.1) is 0 Å². The second-order valence-electron chi connectivity index (χ2n) is 11.7. The lowest BCUT2D eigenvalue weighted by atomic mass is 9.82. The molecule has 3 heteroatoms. The molecule has 0 radical (unpaired) electrons. The fourth-order valence-corrected chi connectivity index (χ4v) is 6.54. The molecule has 0 unspecified atom stereocenters. The van der Waals surface area contributed by atoms with Crippen molar-refractivity contribution in [3.63, 3.8) is 0 Å². The highest BCUT2D eigenvalue weighted by molar-refractivity contribution is 5.93. The number of rotatable bonds is 5. The molecular weight excluding hydrogens is 524 g/mol. The Labute approximate surface area is 251 Å². The van der Waals surface area contributed by atoms with Crippen LogP contribution >= 0.6 is 0 Å². The van der Waals surface area contributed by atoms with Gasteiger partial charge in [-0.25, -0.2) is 4.98 Å². The van der Waals surface area contributed by atoms with Gasteiger partial charge in [0.2, 0.25) is 5.89 Å². The second kappa shape index (κ2) is 9.85. The molecule has 43 heavy (non-hydrogen) atoms. The van der Waals surface area contributed by atoms with Gasteiger partial charge in [0.25, 0.3) is 0 Å². The summed E-state index contributed by atoms with van der Waals surface area (Å²) < 4.78 is 6.26. The summed E-state index contributed by atoms with van der Waals surface area (Å²) in [4.78, 5) is 7.20. The standard InChI is InChI=1S/C40H30N2O/c1-40(2)34-17-11-16-33(39-41-36-18-9-10-19-37(36)43-39)38(34)32-25-24-31(26-35(32)40)42(29-14-7-4-8-15-29)30-22-20-28(21-23-30)27-12-5-3-6-13-27/h3-26H,1-2H3. The molecule has 0 saturated heterocycles. The highest BCUT2D eigenvalue weighted by atomic mass is 16.3. The summed E-state index contributed by atoms with van der Waals surface area (Å²) in [6, 6.07) is 51.3. The van der Waals surface area contributed by atoms with Crippen molar-refractivity contribution in [3.8, 4) is 33.7 Å². The predicted molar refractivity (Wildman–Crippen MR) is 177 cm³/mol. The van der Waals surface area contributed by atoms with Gasteiger partial charge < -0.3 is 9.32 Å². The van der Waals surface area contributed by atoms with Crippen LogP contribution in [-0.2, 0) is 5.41 Å². The topological polar surface area (TPSA) is 29.3 Å². The monoisotopic (exact) mass is 554 g/mol. The molecule has 0 atom stereocenters. The van der Waals surface area contributed by atoms with Gasteiger partial charge in [0.1, 0.15) is 5.52 Å². The first-order valence-corrected chi connectivity index (χ1v) is 14.7. The zero-order valence-electron chi connectivity index (χ0n) is 24.2. The van der Waals surface area contributed by atoms with E-state index in [1.165, 1.54) is 33.4 Å². The van der Waals surface area contributed by atoms with Gasteiger partial charge in [-0.2, -0.15) is 0 Å². The molecule has 0 fully saturated rings. The number of anilines is 3. The van der Waals surface area contributed by atoms with Crippen LogP contribution in [0.4, 0.5) is 17.1 Å². The first-order valence-electron chi connectivity index (χ1n) is 14.7. The minimum atomic E-state index is -0.192. The summed E-state index contributed by atoms with van der Waals surface area (Å²) in [7, 11) is 0. The van der Waals surface area contributed by atoms with E-state index < -0.39 is 0 Å². The number of hydrogen-bond acceptors (Lipinski definition) is 3. The number of hydrogen-bond donors (Lipinski definition) is 0. The van der Waals surface area contributed by atoms with Crippen LogP contribution in [0.2, 0.25) is 0 Å². The zero-order chi connectivity index (χ0) is 29.0. The van der Waals surface area contributed by atoms with Gasteiger partial charge in [-0.15, -0.1) is 0 Å². The number of fused-ring (bicyclic) bond motifs is 4. The van der Waals surface area contributed by atoms with Crippen molar-refractivity contribution in [2.45, 2.75) is 19.3 Å². The van der Waals surface area contributed by atoms with Crippen molar-refractivity contribution >= 4 is 28.2 Å². The maximum Gasteiger partial charge on any atom is 0.227 e. The molecule has 1 heterocycles. The van der Waals surface area contributed by atoms with E-state index in [4.69, 9.17) is 9.40 Å². The molecule has 0 N–H and O–H groups in total. The van der Waals surface area contributed by atoms with Crippen LogP contribution in [-0.4, -0.2) is 4.98 Å². The van der Waals surface area contributed by atoms with Crippen molar-refractivity contribution in [2.24, 2.45) is 0 Å². The van der Waals surface area contributed by atoms with E-state index in [9.17, 15) is 0 Å². The van der Waals surface area contributed by atoms with E-state index in [-0.39, 0.29) is 5.41 Å². The average Bonchev–Trinajstić information content (AvgIpc) is 3.59. The molecule has 1 aromatic heterocycles. The van der Waals surface area contributed by atoms with Gasteiger partial charge >= 0.3 is 0 Å². The number of para-hydroxylation sites is 3. The van der Waals surface area contributed by atoms with Gasteiger partial charge in [-0.1, -0.05) is 105 Å². The maximum absolute atomic E-state index is 6.26. The molecule has 1 aliphatic carbocycles. The van der Waals surface area contributed by atoms with Gasteiger partial charge in [0, 0.05) is 28.0 Å². The molecule has 8 rings (SSSR count). The van der Waals surface area contributed by atoms with E-state index in [0.29, 0.717) is 5.89 Å². The summed E-state index contributed by atoms with van der Waals surface area (Å²) in [5.41, 5.74) is 13.3. The Kier molecular flexibility index (Phi) is 5.80. The van der Waals surface area contributed by atoms with E-state index >= 15 is 0 Å². The smallest absolute Gasteiger partial charge is 0.227 e. The minimum absolute atomic E-state index is 0.192. The number of benzene rings is 6. The SMILES string of the molecule is CC1(C)c2cc(N(c3ccccc3)c3ccc(-c4ccccc4)cc3)ccc2-c2c(-c3nc4ccccc4o3)cccc21. The molecule has 0 amide bonds.